The van der Waals surface area contributed by atoms with Crippen LogP contribution >= 0.6 is 0 Å². The number of hydrogen-bond donors (Lipinski definition) is 2. The Morgan fingerprint density at radius 2 is 1.92 bits per heavy atom. The molecule has 2 N–H and O–H groups in total. The Morgan fingerprint density at radius 1 is 1.29 bits per heavy atom. The summed E-state index contributed by atoms with van der Waals surface area (Å²) < 4.78 is 32.0. The van der Waals surface area contributed by atoms with E-state index in [2.05, 4.69) is 12.2 Å². The van der Waals surface area contributed by atoms with Crippen molar-refractivity contribution in [2.45, 2.75) is 24.7 Å². The SMILES string of the molecule is CC1CCN(S(=O)(=O)c2ccc(OCC(=O)NCCO)cc2)CC1. The van der Waals surface area contributed by atoms with Crippen molar-refractivity contribution in [3.05, 3.63) is 24.3 Å². The number of benzene rings is 1. The normalized spacial score (nSPS) is 16.8. The molecular formula is C16H24N2O5S. The first-order valence-corrected chi connectivity index (χ1v) is 9.48. The van der Waals surface area contributed by atoms with Crippen molar-refractivity contribution >= 4 is 15.9 Å². The number of sulfonamides is 1. The van der Waals surface area contributed by atoms with Crippen molar-refractivity contribution in [2.75, 3.05) is 32.8 Å². The van der Waals surface area contributed by atoms with Crippen LogP contribution in [-0.4, -0.2) is 56.6 Å². The first kappa shape index (κ1) is 18.7. The minimum atomic E-state index is -3.47. The van der Waals surface area contributed by atoms with Gasteiger partial charge in [-0.15, -0.1) is 0 Å². The highest BCUT2D eigenvalue weighted by Gasteiger charge is 2.27. The Morgan fingerprint density at radius 3 is 2.50 bits per heavy atom. The van der Waals surface area contributed by atoms with Crippen molar-refractivity contribution in [3.8, 4) is 5.75 Å². The molecule has 1 aromatic rings. The average molecular weight is 356 g/mol. The second-order valence-electron chi connectivity index (χ2n) is 5.92. The molecule has 0 aliphatic carbocycles. The minimum Gasteiger partial charge on any atom is -0.484 e. The number of hydrogen-bond acceptors (Lipinski definition) is 5. The summed E-state index contributed by atoms with van der Waals surface area (Å²) in [6, 6.07) is 6.07. The van der Waals surface area contributed by atoms with Gasteiger partial charge in [0.2, 0.25) is 10.0 Å². The van der Waals surface area contributed by atoms with Gasteiger partial charge in [0.1, 0.15) is 5.75 Å². The van der Waals surface area contributed by atoms with Crippen molar-refractivity contribution < 1.29 is 23.1 Å². The zero-order chi connectivity index (χ0) is 17.6. The van der Waals surface area contributed by atoms with E-state index < -0.39 is 10.0 Å². The molecule has 24 heavy (non-hydrogen) atoms. The second-order valence-corrected chi connectivity index (χ2v) is 7.86. The first-order chi connectivity index (χ1) is 11.4. The molecule has 1 fully saturated rings. The van der Waals surface area contributed by atoms with E-state index in [0.717, 1.165) is 12.8 Å². The Bertz CT molecular complexity index is 637. The fraction of sp³-hybridized carbons (Fsp3) is 0.562. The topological polar surface area (TPSA) is 95.9 Å². The molecule has 0 unspecified atom stereocenters. The Hall–Kier alpha value is -1.64. The zero-order valence-electron chi connectivity index (χ0n) is 13.8. The molecule has 1 aliphatic heterocycles. The summed E-state index contributed by atoms with van der Waals surface area (Å²) in [5.41, 5.74) is 0. The van der Waals surface area contributed by atoms with Crippen molar-refractivity contribution in [1.29, 1.82) is 0 Å². The van der Waals surface area contributed by atoms with Crippen LogP contribution in [0.5, 0.6) is 5.75 Å². The molecule has 134 valence electrons. The first-order valence-electron chi connectivity index (χ1n) is 8.04. The van der Waals surface area contributed by atoms with E-state index >= 15 is 0 Å². The summed E-state index contributed by atoms with van der Waals surface area (Å²) in [4.78, 5) is 11.6. The van der Waals surface area contributed by atoms with Crippen molar-refractivity contribution in [1.82, 2.24) is 9.62 Å². The van der Waals surface area contributed by atoms with E-state index in [1.54, 1.807) is 12.1 Å². The van der Waals surface area contributed by atoms with E-state index in [1.807, 2.05) is 0 Å². The third kappa shape index (κ3) is 4.93. The standard InChI is InChI=1S/C16H24N2O5S/c1-13-6-9-18(10-7-13)24(21,22)15-4-2-14(3-5-15)23-12-16(20)17-8-11-19/h2-5,13,19H,6-12H2,1H3,(H,17,20). The molecule has 1 aromatic carbocycles. The van der Waals surface area contributed by atoms with Gasteiger partial charge in [-0.05, 0) is 43.0 Å². The lowest BCUT2D eigenvalue weighted by Gasteiger charge is -2.29. The third-order valence-electron chi connectivity index (χ3n) is 4.01. The fourth-order valence-corrected chi connectivity index (χ4v) is 3.95. The monoisotopic (exact) mass is 356 g/mol. The Kier molecular flexibility index (Phi) is 6.59. The number of amides is 1. The van der Waals surface area contributed by atoms with Crippen molar-refractivity contribution in [3.63, 3.8) is 0 Å². The van der Waals surface area contributed by atoms with E-state index in [1.165, 1.54) is 16.4 Å². The molecule has 1 aliphatic rings. The highest BCUT2D eigenvalue weighted by molar-refractivity contribution is 7.89. The predicted molar refractivity (Wildman–Crippen MR) is 89.2 cm³/mol. The molecule has 0 spiro atoms. The average Bonchev–Trinajstić information content (AvgIpc) is 2.59. The number of ether oxygens (including phenoxy) is 1. The van der Waals surface area contributed by atoms with Crippen LogP contribution in [0.15, 0.2) is 29.2 Å². The number of aliphatic hydroxyl groups is 1. The van der Waals surface area contributed by atoms with Crippen LogP contribution in [0.1, 0.15) is 19.8 Å². The fourth-order valence-electron chi connectivity index (χ4n) is 2.48. The van der Waals surface area contributed by atoms with Gasteiger partial charge in [0.25, 0.3) is 5.91 Å². The molecule has 2 rings (SSSR count). The van der Waals surface area contributed by atoms with Gasteiger partial charge in [-0.2, -0.15) is 4.31 Å². The molecule has 1 heterocycles. The number of nitrogens with zero attached hydrogens (tertiary/aromatic N) is 1. The third-order valence-corrected chi connectivity index (χ3v) is 5.92. The summed E-state index contributed by atoms with van der Waals surface area (Å²) in [7, 11) is -3.47. The van der Waals surface area contributed by atoms with Gasteiger partial charge in [0.05, 0.1) is 11.5 Å². The largest absolute Gasteiger partial charge is 0.484 e. The number of carbonyl (C=O) groups excluding carboxylic acids is 1. The van der Waals surface area contributed by atoms with Crippen LogP contribution in [0.25, 0.3) is 0 Å². The number of aliphatic hydroxyl groups excluding tert-OH is 1. The quantitative estimate of drug-likeness (QED) is 0.746. The van der Waals surface area contributed by atoms with E-state index in [-0.39, 0.29) is 30.6 Å². The summed E-state index contributed by atoms with van der Waals surface area (Å²) in [5.74, 6) is 0.632. The molecule has 0 aromatic heterocycles. The lowest BCUT2D eigenvalue weighted by atomic mass is 10.0. The lowest BCUT2D eigenvalue weighted by molar-refractivity contribution is -0.123. The van der Waals surface area contributed by atoms with Crippen LogP contribution in [0.4, 0.5) is 0 Å². The van der Waals surface area contributed by atoms with Gasteiger partial charge in [-0.3, -0.25) is 4.79 Å². The minimum absolute atomic E-state index is 0.131. The number of nitrogens with one attached hydrogen (secondary N) is 1. The molecule has 0 saturated carbocycles. The van der Waals surface area contributed by atoms with Crippen LogP contribution in [0.2, 0.25) is 0 Å². The molecule has 7 nitrogen and oxygen atoms in total. The van der Waals surface area contributed by atoms with Crippen LogP contribution in [-0.2, 0) is 14.8 Å². The van der Waals surface area contributed by atoms with E-state index in [4.69, 9.17) is 9.84 Å². The zero-order valence-corrected chi connectivity index (χ0v) is 14.6. The number of rotatable bonds is 7. The van der Waals surface area contributed by atoms with Crippen LogP contribution in [0.3, 0.4) is 0 Å². The Labute approximate surface area is 142 Å². The highest BCUT2D eigenvalue weighted by atomic mass is 32.2. The summed E-state index contributed by atoms with van der Waals surface area (Å²) >= 11 is 0. The molecule has 1 saturated heterocycles. The smallest absolute Gasteiger partial charge is 0.258 e. The van der Waals surface area contributed by atoms with Crippen LogP contribution < -0.4 is 10.1 Å². The van der Waals surface area contributed by atoms with Gasteiger partial charge in [0.15, 0.2) is 6.61 Å². The van der Waals surface area contributed by atoms with Gasteiger partial charge >= 0.3 is 0 Å². The Balaban J connectivity index is 1.94. The maximum atomic E-state index is 12.6. The number of piperidine rings is 1. The van der Waals surface area contributed by atoms with Gasteiger partial charge < -0.3 is 15.2 Å². The van der Waals surface area contributed by atoms with Gasteiger partial charge in [-0.25, -0.2) is 8.42 Å². The summed E-state index contributed by atoms with van der Waals surface area (Å²) in [6.07, 6.45) is 1.76. The molecule has 1 amide bonds. The molecule has 8 heteroatoms. The summed E-state index contributed by atoms with van der Waals surface area (Å²) in [5, 5.41) is 11.1. The lowest BCUT2D eigenvalue weighted by Crippen LogP contribution is -2.37. The molecule has 0 bridgehead atoms. The maximum absolute atomic E-state index is 12.6. The molecule has 0 atom stereocenters. The predicted octanol–water partition coefficient (Wildman–Crippen LogP) is 0.595. The van der Waals surface area contributed by atoms with E-state index in [0.29, 0.717) is 24.8 Å². The molecule has 0 radical (unpaired) electrons. The second kappa shape index (κ2) is 8.46. The van der Waals surface area contributed by atoms with Gasteiger partial charge in [-0.1, -0.05) is 6.92 Å². The van der Waals surface area contributed by atoms with E-state index in [9.17, 15) is 13.2 Å². The molecular weight excluding hydrogens is 332 g/mol. The highest BCUT2D eigenvalue weighted by Crippen LogP contribution is 2.24. The maximum Gasteiger partial charge on any atom is 0.258 e. The number of carbonyl (C=O) groups is 1. The van der Waals surface area contributed by atoms with Gasteiger partial charge in [0, 0.05) is 19.6 Å². The van der Waals surface area contributed by atoms with Crippen LogP contribution in [0, 0.1) is 5.92 Å². The van der Waals surface area contributed by atoms with Crippen molar-refractivity contribution in [2.24, 2.45) is 5.92 Å². The summed E-state index contributed by atoms with van der Waals surface area (Å²) in [6.45, 7) is 3.09.